The van der Waals surface area contributed by atoms with Crippen molar-refractivity contribution in [2.24, 2.45) is 0 Å². The summed E-state index contributed by atoms with van der Waals surface area (Å²) in [7, 11) is 0. The van der Waals surface area contributed by atoms with E-state index in [-0.39, 0.29) is 17.6 Å². The summed E-state index contributed by atoms with van der Waals surface area (Å²) in [5, 5.41) is 13.4. The molecule has 0 saturated heterocycles. The van der Waals surface area contributed by atoms with E-state index in [4.69, 9.17) is 0 Å². The van der Waals surface area contributed by atoms with E-state index < -0.39 is 0 Å². The zero-order valence-electron chi connectivity index (χ0n) is 14.9. The molecule has 0 atom stereocenters. The summed E-state index contributed by atoms with van der Waals surface area (Å²) in [4.78, 5) is 26.6. The third-order valence-corrected chi connectivity index (χ3v) is 6.01. The standard InChI is InChI=1S/C17H20N6O2S2/c1-2-4-12-14(27-21-19-12)16(24)18-8-9-22-17(25)23(11-6-7-11)15(20-22)13-5-3-10-26-13/h3,5,10-11H,2,4,6-9H2,1H3,(H,18,24). The smallest absolute Gasteiger partial charge is 0.346 e. The number of aryl methyl sites for hydroxylation is 1. The summed E-state index contributed by atoms with van der Waals surface area (Å²) in [6.07, 6.45) is 3.67. The molecule has 10 heteroatoms. The molecule has 0 radical (unpaired) electrons. The molecule has 3 heterocycles. The lowest BCUT2D eigenvalue weighted by atomic mass is 10.2. The summed E-state index contributed by atoms with van der Waals surface area (Å²) in [5.41, 5.74) is 0.622. The number of thiophene rings is 1. The summed E-state index contributed by atoms with van der Waals surface area (Å²) >= 11 is 2.68. The first-order chi connectivity index (χ1) is 13.2. The second-order valence-electron chi connectivity index (χ2n) is 6.46. The predicted molar refractivity (Wildman–Crippen MR) is 104 cm³/mol. The van der Waals surface area contributed by atoms with E-state index in [2.05, 4.69) is 20.0 Å². The average molecular weight is 405 g/mol. The predicted octanol–water partition coefficient (Wildman–Crippen LogP) is 2.34. The third-order valence-electron chi connectivity index (χ3n) is 4.38. The van der Waals surface area contributed by atoms with E-state index in [0.717, 1.165) is 53.6 Å². The van der Waals surface area contributed by atoms with Gasteiger partial charge in [0.25, 0.3) is 5.91 Å². The lowest BCUT2D eigenvalue weighted by molar-refractivity contribution is 0.0954. The maximum absolute atomic E-state index is 12.7. The molecule has 0 spiro atoms. The summed E-state index contributed by atoms with van der Waals surface area (Å²) in [6, 6.07) is 4.18. The molecule has 0 bridgehead atoms. The fourth-order valence-corrected chi connectivity index (χ4v) is 4.27. The normalized spacial score (nSPS) is 13.8. The molecule has 1 fully saturated rings. The average Bonchev–Trinajstić information content (AvgIpc) is 3.07. The van der Waals surface area contributed by atoms with Crippen molar-refractivity contribution >= 4 is 28.8 Å². The van der Waals surface area contributed by atoms with Crippen LogP contribution in [0, 0.1) is 0 Å². The minimum Gasteiger partial charge on any atom is -0.349 e. The number of amides is 1. The van der Waals surface area contributed by atoms with Crippen LogP contribution in [0.15, 0.2) is 22.3 Å². The van der Waals surface area contributed by atoms with Gasteiger partial charge in [-0.05, 0) is 42.2 Å². The van der Waals surface area contributed by atoms with E-state index >= 15 is 0 Å². The fourth-order valence-electron chi connectivity index (χ4n) is 2.94. The van der Waals surface area contributed by atoms with Crippen molar-refractivity contribution in [3.05, 3.63) is 38.6 Å². The number of nitrogens with one attached hydrogen (secondary N) is 1. The molecular weight excluding hydrogens is 384 g/mol. The molecule has 0 unspecified atom stereocenters. The van der Waals surface area contributed by atoms with E-state index in [0.29, 0.717) is 18.0 Å². The molecule has 1 saturated carbocycles. The van der Waals surface area contributed by atoms with Gasteiger partial charge < -0.3 is 5.32 Å². The lowest BCUT2D eigenvalue weighted by Gasteiger charge is -2.04. The van der Waals surface area contributed by atoms with Gasteiger partial charge in [-0.15, -0.1) is 21.5 Å². The quantitative estimate of drug-likeness (QED) is 0.622. The molecule has 4 rings (SSSR count). The highest BCUT2D eigenvalue weighted by Gasteiger charge is 2.30. The molecule has 0 aliphatic heterocycles. The molecule has 142 valence electrons. The fraction of sp³-hybridized carbons (Fsp3) is 0.471. The van der Waals surface area contributed by atoms with Crippen molar-refractivity contribution in [2.45, 2.75) is 45.2 Å². The van der Waals surface area contributed by atoms with Crippen molar-refractivity contribution in [3.8, 4) is 10.7 Å². The Hall–Kier alpha value is -2.33. The van der Waals surface area contributed by atoms with Crippen LogP contribution in [0.2, 0.25) is 0 Å². The van der Waals surface area contributed by atoms with Gasteiger partial charge in [0.2, 0.25) is 0 Å². The first-order valence-corrected chi connectivity index (χ1v) is 10.7. The van der Waals surface area contributed by atoms with Crippen LogP contribution in [0.4, 0.5) is 0 Å². The second-order valence-corrected chi connectivity index (χ2v) is 8.16. The Morgan fingerprint density at radius 1 is 1.41 bits per heavy atom. The molecule has 1 N–H and O–H groups in total. The van der Waals surface area contributed by atoms with Crippen LogP contribution in [0.3, 0.4) is 0 Å². The zero-order valence-corrected chi connectivity index (χ0v) is 16.6. The van der Waals surface area contributed by atoms with Gasteiger partial charge in [-0.3, -0.25) is 9.36 Å². The topological polar surface area (TPSA) is 94.7 Å². The van der Waals surface area contributed by atoms with E-state index in [1.165, 1.54) is 4.68 Å². The van der Waals surface area contributed by atoms with Crippen molar-refractivity contribution in [3.63, 3.8) is 0 Å². The number of carbonyl (C=O) groups excluding carboxylic acids is 1. The number of carbonyl (C=O) groups is 1. The molecule has 27 heavy (non-hydrogen) atoms. The van der Waals surface area contributed by atoms with Gasteiger partial charge in [0.15, 0.2) is 5.82 Å². The van der Waals surface area contributed by atoms with Crippen molar-refractivity contribution in [1.82, 2.24) is 29.3 Å². The first kappa shape index (κ1) is 18.1. The van der Waals surface area contributed by atoms with E-state index in [1.807, 2.05) is 24.4 Å². The minimum atomic E-state index is -0.193. The van der Waals surface area contributed by atoms with Crippen LogP contribution in [0.1, 0.15) is 47.6 Å². The second kappa shape index (κ2) is 7.73. The van der Waals surface area contributed by atoms with Crippen LogP contribution in [0.5, 0.6) is 0 Å². The van der Waals surface area contributed by atoms with E-state index in [9.17, 15) is 9.59 Å². The largest absolute Gasteiger partial charge is 0.349 e. The highest BCUT2D eigenvalue weighted by Crippen LogP contribution is 2.37. The Balaban J connectivity index is 1.46. The van der Waals surface area contributed by atoms with Gasteiger partial charge in [0.05, 0.1) is 17.1 Å². The van der Waals surface area contributed by atoms with Gasteiger partial charge in [-0.25, -0.2) is 9.48 Å². The molecule has 3 aromatic heterocycles. The number of aromatic nitrogens is 5. The molecule has 3 aromatic rings. The van der Waals surface area contributed by atoms with Crippen molar-refractivity contribution in [2.75, 3.05) is 6.54 Å². The summed E-state index contributed by atoms with van der Waals surface area (Å²) in [6.45, 7) is 2.70. The van der Waals surface area contributed by atoms with Crippen molar-refractivity contribution in [1.29, 1.82) is 0 Å². The molecule has 1 aliphatic rings. The van der Waals surface area contributed by atoms with Gasteiger partial charge in [0, 0.05) is 12.6 Å². The maximum Gasteiger partial charge on any atom is 0.346 e. The minimum absolute atomic E-state index is 0.110. The Kier molecular flexibility index (Phi) is 5.17. The third kappa shape index (κ3) is 3.72. The highest BCUT2D eigenvalue weighted by atomic mass is 32.1. The van der Waals surface area contributed by atoms with Crippen LogP contribution < -0.4 is 11.0 Å². The molecule has 1 aliphatic carbocycles. The van der Waals surface area contributed by atoms with Gasteiger partial charge in [-0.2, -0.15) is 0 Å². The Labute approximate surface area is 164 Å². The van der Waals surface area contributed by atoms with Crippen LogP contribution in [-0.2, 0) is 13.0 Å². The highest BCUT2D eigenvalue weighted by molar-refractivity contribution is 7.13. The summed E-state index contributed by atoms with van der Waals surface area (Å²) < 4.78 is 7.11. The Bertz CT molecular complexity index is 984. The van der Waals surface area contributed by atoms with Crippen LogP contribution >= 0.6 is 22.9 Å². The number of nitrogens with zero attached hydrogens (tertiary/aromatic N) is 5. The molecular formula is C17H20N6O2S2. The Morgan fingerprint density at radius 2 is 2.26 bits per heavy atom. The van der Waals surface area contributed by atoms with E-state index in [1.54, 1.807) is 15.9 Å². The monoisotopic (exact) mass is 404 g/mol. The van der Waals surface area contributed by atoms with Crippen LogP contribution in [0.25, 0.3) is 10.7 Å². The summed E-state index contributed by atoms with van der Waals surface area (Å²) in [5.74, 6) is 0.530. The van der Waals surface area contributed by atoms with Crippen LogP contribution in [-0.4, -0.2) is 36.4 Å². The maximum atomic E-state index is 12.7. The van der Waals surface area contributed by atoms with Crippen molar-refractivity contribution < 1.29 is 4.79 Å². The zero-order chi connectivity index (χ0) is 18.8. The first-order valence-electron chi connectivity index (χ1n) is 9.01. The van der Waals surface area contributed by atoms with Gasteiger partial charge in [-0.1, -0.05) is 23.9 Å². The lowest BCUT2D eigenvalue weighted by Crippen LogP contribution is -2.32. The number of hydrogen-bond acceptors (Lipinski definition) is 7. The molecule has 8 nitrogen and oxygen atoms in total. The van der Waals surface area contributed by atoms with Gasteiger partial charge >= 0.3 is 5.69 Å². The van der Waals surface area contributed by atoms with Gasteiger partial charge in [0.1, 0.15) is 4.88 Å². The SMILES string of the molecule is CCCc1nnsc1C(=O)NCCn1nc(-c2cccs2)n(C2CC2)c1=O. The number of hydrogen-bond donors (Lipinski definition) is 1. The number of rotatable bonds is 8. The molecule has 0 aromatic carbocycles. The molecule has 1 amide bonds. The Morgan fingerprint density at radius 3 is 2.96 bits per heavy atom.